The molecule has 1 saturated heterocycles. The summed E-state index contributed by atoms with van der Waals surface area (Å²) in [6.45, 7) is 0.352. The Balaban J connectivity index is 1.79. The van der Waals surface area contributed by atoms with Crippen molar-refractivity contribution in [2.45, 2.75) is 62.9 Å². The van der Waals surface area contributed by atoms with E-state index in [0.29, 0.717) is 18.2 Å². The summed E-state index contributed by atoms with van der Waals surface area (Å²) in [5, 5.41) is 12.5. The van der Waals surface area contributed by atoms with E-state index in [1.54, 1.807) is 0 Å². The molecule has 0 aromatic rings. The third-order valence-electron chi connectivity index (χ3n) is 3.75. The Morgan fingerprint density at radius 3 is 2.69 bits per heavy atom. The lowest BCUT2D eigenvalue weighted by atomic mass is 9.96. The zero-order chi connectivity index (χ0) is 9.15. The van der Waals surface area contributed by atoms with Gasteiger partial charge in [0.05, 0.1) is 0 Å². The summed E-state index contributed by atoms with van der Waals surface area (Å²) >= 11 is 0. The number of nitrogens with one attached hydrogen (secondary N) is 1. The highest BCUT2D eigenvalue weighted by Crippen LogP contribution is 2.39. The number of aliphatic hydroxyl groups is 1. The van der Waals surface area contributed by atoms with Crippen LogP contribution in [-0.2, 0) is 0 Å². The van der Waals surface area contributed by atoms with Crippen LogP contribution in [0.2, 0.25) is 0 Å². The van der Waals surface area contributed by atoms with Gasteiger partial charge in [-0.1, -0.05) is 12.8 Å². The molecule has 13 heavy (non-hydrogen) atoms. The van der Waals surface area contributed by atoms with Gasteiger partial charge in [0, 0.05) is 18.2 Å². The maximum Gasteiger partial charge on any atom is 0.0431 e. The monoisotopic (exact) mass is 183 g/mol. The van der Waals surface area contributed by atoms with Crippen molar-refractivity contribution in [3.63, 3.8) is 0 Å². The van der Waals surface area contributed by atoms with Gasteiger partial charge < -0.3 is 10.4 Å². The average Bonchev–Trinajstić information content (AvgIpc) is 2.74. The molecule has 2 heteroatoms. The first-order chi connectivity index (χ1) is 6.35. The molecule has 0 aromatic heterocycles. The summed E-state index contributed by atoms with van der Waals surface area (Å²) in [6.07, 6.45) is 10.5. The lowest BCUT2D eigenvalue weighted by Gasteiger charge is -2.24. The van der Waals surface area contributed by atoms with Crippen LogP contribution in [0, 0.1) is 0 Å². The highest BCUT2D eigenvalue weighted by Gasteiger charge is 2.39. The first-order valence-electron chi connectivity index (χ1n) is 5.73. The number of hydrogen-bond donors (Lipinski definition) is 2. The van der Waals surface area contributed by atoms with Crippen LogP contribution in [0.4, 0.5) is 0 Å². The first-order valence-corrected chi connectivity index (χ1v) is 5.73. The van der Waals surface area contributed by atoms with Crippen LogP contribution < -0.4 is 5.32 Å². The third-order valence-corrected chi connectivity index (χ3v) is 3.75. The minimum absolute atomic E-state index is 0.352. The molecule has 1 unspecified atom stereocenters. The van der Waals surface area contributed by atoms with Crippen molar-refractivity contribution >= 4 is 0 Å². The van der Waals surface area contributed by atoms with Crippen LogP contribution in [0.1, 0.15) is 51.4 Å². The quantitative estimate of drug-likeness (QED) is 0.699. The van der Waals surface area contributed by atoms with Gasteiger partial charge in [0.25, 0.3) is 0 Å². The van der Waals surface area contributed by atoms with Crippen LogP contribution in [0.25, 0.3) is 0 Å². The van der Waals surface area contributed by atoms with Crippen molar-refractivity contribution < 1.29 is 5.11 Å². The number of hydrogen-bond acceptors (Lipinski definition) is 2. The highest BCUT2D eigenvalue weighted by atomic mass is 16.2. The van der Waals surface area contributed by atoms with Crippen LogP contribution in [0.3, 0.4) is 0 Å². The fourth-order valence-electron chi connectivity index (χ4n) is 3.03. The van der Waals surface area contributed by atoms with E-state index in [1.165, 1.54) is 38.5 Å². The minimum atomic E-state index is 0.352. The summed E-state index contributed by atoms with van der Waals surface area (Å²) in [5.41, 5.74) is 0.528. The second kappa shape index (κ2) is 3.97. The molecular weight excluding hydrogens is 162 g/mol. The Labute approximate surface area is 80.7 Å². The Morgan fingerprint density at radius 1 is 1.23 bits per heavy atom. The van der Waals surface area contributed by atoms with Gasteiger partial charge in [0.15, 0.2) is 0 Å². The van der Waals surface area contributed by atoms with E-state index in [4.69, 9.17) is 5.11 Å². The van der Waals surface area contributed by atoms with Crippen molar-refractivity contribution in [3.05, 3.63) is 0 Å². The molecule has 76 valence electrons. The van der Waals surface area contributed by atoms with Crippen LogP contribution in [-0.4, -0.2) is 23.3 Å². The molecule has 1 spiro atoms. The third kappa shape index (κ3) is 2.05. The molecule has 1 aliphatic heterocycles. The van der Waals surface area contributed by atoms with E-state index in [9.17, 15) is 0 Å². The van der Waals surface area contributed by atoms with E-state index in [1.807, 2.05) is 0 Å². The number of aliphatic hydroxyl groups excluding tert-OH is 1. The van der Waals surface area contributed by atoms with Crippen LogP contribution in [0.5, 0.6) is 0 Å². The topological polar surface area (TPSA) is 32.3 Å². The smallest absolute Gasteiger partial charge is 0.0431 e. The Kier molecular flexibility index (Phi) is 2.89. The van der Waals surface area contributed by atoms with Gasteiger partial charge in [-0.25, -0.2) is 0 Å². The van der Waals surface area contributed by atoms with Gasteiger partial charge in [-0.2, -0.15) is 0 Å². The lowest BCUT2D eigenvalue weighted by molar-refractivity contribution is 0.272. The fourth-order valence-corrected chi connectivity index (χ4v) is 3.03. The predicted octanol–water partition coefficient (Wildman–Crippen LogP) is 1.82. The van der Waals surface area contributed by atoms with E-state index in [0.717, 1.165) is 12.8 Å². The van der Waals surface area contributed by atoms with E-state index in [-0.39, 0.29) is 0 Å². The van der Waals surface area contributed by atoms with Crippen molar-refractivity contribution in [2.75, 3.05) is 6.61 Å². The molecule has 2 nitrogen and oxygen atoms in total. The fraction of sp³-hybridized carbons (Fsp3) is 1.00. The summed E-state index contributed by atoms with van der Waals surface area (Å²) in [5.74, 6) is 0. The van der Waals surface area contributed by atoms with Gasteiger partial charge in [-0.05, 0) is 38.5 Å². The molecule has 2 N–H and O–H groups in total. The maximum atomic E-state index is 8.76. The van der Waals surface area contributed by atoms with Crippen LogP contribution >= 0.6 is 0 Å². The van der Waals surface area contributed by atoms with E-state index in [2.05, 4.69) is 5.32 Å². The maximum absolute atomic E-state index is 8.76. The van der Waals surface area contributed by atoms with Crippen molar-refractivity contribution in [2.24, 2.45) is 0 Å². The van der Waals surface area contributed by atoms with Crippen molar-refractivity contribution in [1.29, 1.82) is 0 Å². The SMILES string of the molecule is OCCCC1CCC2(CCCC2)N1. The average molecular weight is 183 g/mol. The van der Waals surface area contributed by atoms with Crippen molar-refractivity contribution in [3.8, 4) is 0 Å². The van der Waals surface area contributed by atoms with Gasteiger partial charge in [0.2, 0.25) is 0 Å². The molecule has 2 fully saturated rings. The predicted molar refractivity (Wildman–Crippen MR) is 53.7 cm³/mol. The Hall–Kier alpha value is -0.0800. The van der Waals surface area contributed by atoms with E-state index >= 15 is 0 Å². The summed E-state index contributed by atoms with van der Waals surface area (Å²) in [4.78, 5) is 0. The van der Waals surface area contributed by atoms with Gasteiger partial charge >= 0.3 is 0 Å². The molecule has 0 amide bonds. The summed E-state index contributed by atoms with van der Waals surface area (Å²) in [6, 6.07) is 0.699. The summed E-state index contributed by atoms with van der Waals surface area (Å²) < 4.78 is 0. The highest BCUT2D eigenvalue weighted by molar-refractivity contribution is 5.00. The summed E-state index contributed by atoms with van der Waals surface area (Å²) in [7, 11) is 0. The molecule has 2 aliphatic rings. The molecule has 1 heterocycles. The molecule has 2 rings (SSSR count). The first kappa shape index (κ1) is 9.47. The van der Waals surface area contributed by atoms with Crippen molar-refractivity contribution in [1.82, 2.24) is 5.32 Å². The standard InChI is InChI=1S/C11H21NO/c13-9-3-4-10-5-8-11(12-10)6-1-2-7-11/h10,12-13H,1-9H2. The second-order valence-electron chi connectivity index (χ2n) is 4.73. The lowest BCUT2D eigenvalue weighted by Crippen LogP contribution is -2.40. The normalized spacial score (nSPS) is 31.6. The van der Waals surface area contributed by atoms with Gasteiger partial charge in [0.1, 0.15) is 0 Å². The van der Waals surface area contributed by atoms with Gasteiger partial charge in [-0.3, -0.25) is 0 Å². The van der Waals surface area contributed by atoms with E-state index < -0.39 is 0 Å². The van der Waals surface area contributed by atoms with Gasteiger partial charge in [-0.15, -0.1) is 0 Å². The largest absolute Gasteiger partial charge is 0.396 e. The molecule has 1 saturated carbocycles. The Bertz CT molecular complexity index is 163. The van der Waals surface area contributed by atoms with Crippen LogP contribution in [0.15, 0.2) is 0 Å². The zero-order valence-electron chi connectivity index (χ0n) is 8.39. The zero-order valence-corrected chi connectivity index (χ0v) is 8.39. The number of rotatable bonds is 3. The Morgan fingerprint density at radius 2 is 2.00 bits per heavy atom. The molecule has 0 bridgehead atoms. The molecule has 1 aliphatic carbocycles. The minimum Gasteiger partial charge on any atom is -0.396 e. The molecule has 0 radical (unpaired) electrons. The molecule has 1 atom stereocenters. The molecular formula is C11H21NO. The second-order valence-corrected chi connectivity index (χ2v) is 4.73. The molecule has 0 aromatic carbocycles.